The minimum Gasteiger partial charge on any atom is -0.454 e. The fourth-order valence-electron chi connectivity index (χ4n) is 3.91. The number of halogens is 1. The number of ether oxygens (including phenoxy) is 1. The summed E-state index contributed by atoms with van der Waals surface area (Å²) in [7, 11) is -3.81. The Kier molecular flexibility index (Phi) is 4.87. The number of rotatable bonds is 4. The van der Waals surface area contributed by atoms with Crippen LogP contribution in [-0.2, 0) is 15.6 Å². The van der Waals surface area contributed by atoms with E-state index in [2.05, 4.69) is 10.0 Å². The summed E-state index contributed by atoms with van der Waals surface area (Å²) in [6.45, 7) is 0. The third-order valence-electron chi connectivity index (χ3n) is 5.63. The molecule has 1 aliphatic carbocycles. The van der Waals surface area contributed by atoms with Crippen molar-refractivity contribution in [3.63, 3.8) is 0 Å². The Morgan fingerprint density at radius 1 is 0.903 bits per heavy atom. The monoisotopic (exact) mass is 453 g/mol. The fourth-order valence-corrected chi connectivity index (χ4v) is 5.22. The molecule has 1 aliphatic heterocycles. The number of nitrogens with zero attached hydrogens (tertiary/aromatic N) is 1. The molecule has 3 aromatic carbocycles. The third-order valence-corrected chi connectivity index (χ3v) is 7.32. The molecule has 3 aromatic rings. The zero-order valence-electron chi connectivity index (χ0n) is 16.5. The smallest absolute Gasteiger partial charge is 0.266 e. The molecular formula is C23H20ClN3O3S. The summed E-state index contributed by atoms with van der Waals surface area (Å²) in [6, 6.07) is 21.9. The number of para-hydroxylation sites is 2. The van der Waals surface area contributed by atoms with Crippen LogP contribution in [0.5, 0.6) is 11.5 Å². The molecule has 5 rings (SSSR count). The number of hydrogen-bond donors (Lipinski definition) is 2. The van der Waals surface area contributed by atoms with Gasteiger partial charge in [-0.15, -0.1) is 0 Å². The van der Waals surface area contributed by atoms with Gasteiger partial charge in [-0.1, -0.05) is 60.1 Å². The van der Waals surface area contributed by atoms with E-state index >= 15 is 0 Å². The maximum Gasteiger partial charge on any atom is 0.266 e. The highest BCUT2D eigenvalue weighted by Crippen LogP contribution is 2.46. The van der Waals surface area contributed by atoms with Gasteiger partial charge >= 0.3 is 0 Å². The number of anilines is 1. The highest BCUT2D eigenvalue weighted by molar-refractivity contribution is 7.90. The van der Waals surface area contributed by atoms with Crippen molar-refractivity contribution in [3.8, 4) is 11.5 Å². The van der Waals surface area contributed by atoms with E-state index in [-0.39, 0.29) is 10.9 Å². The summed E-state index contributed by atoms with van der Waals surface area (Å²) < 4.78 is 34.5. The van der Waals surface area contributed by atoms with Gasteiger partial charge in [0.25, 0.3) is 10.0 Å². The van der Waals surface area contributed by atoms with Gasteiger partial charge in [0.15, 0.2) is 5.75 Å². The van der Waals surface area contributed by atoms with Gasteiger partial charge in [0.05, 0.1) is 10.6 Å². The van der Waals surface area contributed by atoms with Crippen molar-refractivity contribution in [2.75, 3.05) is 5.32 Å². The Labute approximate surface area is 186 Å². The van der Waals surface area contributed by atoms with Crippen LogP contribution in [0.4, 0.5) is 5.69 Å². The van der Waals surface area contributed by atoms with Crippen molar-refractivity contribution in [3.05, 3.63) is 83.4 Å². The lowest BCUT2D eigenvalue weighted by Gasteiger charge is -2.39. The van der Waals surface area contributed by atoms with Crippen molar-refractivity contribution in [1.29, 1.82) is 0 Å². The van der Waals surface area contributed by atoms with Crippen LogP contribution in [0.2, 0.25) is 5.02 Å². The number of aliphatic imine (C=N–C) groups is 1. The van der Waals surface area contributed by atoms with E-state index in [1.807, 2.05) is 30.3 Å². The van der Waals surface area contributed by atoms with Gasteiger partial charge in [0.2, 0.25) is 5.96 Å². The molecule has 158 valence electrons. The summed E-state index contributed by atoms with van der Waals surface area (Å²) in [5.41, 5.74) is 0.964. The van der Waals surface area contributed by atoms with Gasteiger partial charge in [0.1, 0.15) is 16.3 Å². The Balaban J connectivity index is 1.56. The van der Waals surface area contributed by atoms with Gasteiger partial charge < -0.3 is 10.1 Å². The zero-order valence-corrected chi connectivity index (χ0v) is 18.1. The predicted molar refractivity (Wildman–Crippen MR) is 121 cm³/mol. The molecule has 0 spiro atoms. The summed E-state index contributed by atoms with van der Waals surface area (Å²) in [4.78, 5) is 4.93. The standard InChI is InChI=1S/C23H20ClN3O3S/c24-17-10-4-5-11-18(17)30-19-12-6-13-20-21(19)25-22(27-31(20,28)29)26-23(14-7-15-23)16-8-2-1-3-9-16/h1-6,8-13H,7,14-15H2,(H2,25,26,27). The maximum atomic E-state index is 13.0. The molecule has 1 heterocycles. The number of fused-ring (bicyclic) bond motifs is 1. The van der Waals surface area contributed by atoms with Crippen molar-refractivity contribution in [2.24, 2.45) is 4.99 Å². The molecule has 2 N–H and O–H groups in total. The molecular weight excluding hydrogens is 434 g/mol. The Morgan fingerprint density at radius 3 is 2.32 bits per heavy atom. The zero-order chi connectivity index (χ0) is 21.5. The first-order chi connectivity index (χ1) is 15.0. The molecule has 0 amide bonds. The molecule has 0 bridgehead atoms. The number of guanidine groups is 1. The van der Waals surface area contributed by atoms with Crippen molar-refractivity contribution < 1.29 is 13.2 Å². The van der Waals surface area contributed by atoms with Gasteiger partial charge in [-0.3, -0.25) is 0 Å². The molecule has 1 saturated carbocycles. The Bertz CT molecular complexity index is 1270. The first-order valence-corrected chi connectivity index (χ1v) is 11.8. The van der Waals surface area contributed by atoms with Gasteiger partial charge in [0, 0.05) is 0 Å². The van der Waals surface area contributed by atoms with Gasteiger partial charge in [-0.2, -0.15) is 0 Å². The van der Waals surface area contributed by atoms with Crippen LogP contribution in [-0.4, -0.2) is 14.4 Å². The largest absolute Gasteiger partial charge is 0.454 e. The number of sulfonamides is 1. The second-order valence-corrected chi connectivity index (χ2v) is 9.66. The van der Waals surface area contributed by atoms with E-state index < -0.39 is 15.6 Å². The van der Waals surface area contributed by atoms with Crippen molar-refractivity contribution in [1.82, 2.24) is 4.72 Å². The van der Waals surface area contributed by atoms with E-state index in [9.17, 15) is 8.42 Å². The quantitative estimate of drug-likeness (QED) is 0.563. The minimum absolute atomic E-state index is 0.0957. The average molecular weight is 454 g/mol. The van der Waals surface area contributed by atoms with Crippen molar-refractivity contribution >= 4 is 33.3 Å². The molecule has 6 nitrogen and oxygen atoms in total. The van der Waals surface area contributed by atoms with Crippen molar-refractivity contribution in [2.45, 2.75) is 29.7 Å². The first kappa shape index (κ1) is 19.9. The molecule has 31 heavy (non-hydrogen) atoms. The van der Waals surface area contributed by atoms with E-state index in [4.69, 9.17) is 21.3 Å². The maximum absolute atomic E-state index is 13.0. The molecule has 0 saturated heterocycles. The van der Waals surface area contributed by atoms with E-state index in [0.29, 0.717) is 22.2 Å². The second kappa shape index (κ2) is 7.59. The topological polar surface area (TPSA) is 79.8 Å². The summed E-state index contributed by atoms with van der Waals surface area (Å²) in [5.74, 6) is 0.977. The summed E-state index contributed by atoms with van der Waals surface area (Å²) in [5, 5.41) is 3.58. The van der Waals surface area contributed by atoms with Crippen LogP contribution < -0.4 is 14.8 Å². The molecule has 0 unspecified atom stereocenters. The van der Waals surface area contributed by atoms with Crippen LogP contribution >= 0.6 is 11.6 Å². The predicted octanol–water partition coefficient (Wildman–Crippen LogP) is 5.27. The SMILES string of the molecule is O=S1(=O)NC(=NC2(c3ccccc3)CCC2)Nc2c(Oc3ccccc3Cl)cccc21. The molecule has 0 atom stereocenters. The number of hydrogen-bond acceptors (Lipinski definition) is 4. The first-order valence-electron chi connectivity index (χ1n) is 9.98. The average Bonchev–Trinajstić information content (AvgIpc) is 2.73. The normalized spacial score (nSPS) is 19.5. The Hall–Kier alpha value is -3.03. The van der Waals surface area contributed by atoms with Crippen LogP contribution in [0.1, 0.15) is 24.8 Å². The highest BCUT2D eigenvalue weighted by Gasteiger charge is 2.40. The third kappa shape index (κ3) is 3.64. The van der Waals surface area contributed by atoms with Crippen LogP contribution in [0.3, 0.4) is 0 Å². The lowest BCUT2D eigenvalue weighted by Crippen LogP contribution is -2.44. The molecule has 1 fully saturated rings. The second-order valence-electron chi connectivity index (χ2n) is 7.60. The van der Waals surface area contributed by atoms with E-state index in [1.165, 1.54) is 6.07 Å². The minimum atomic E-state index is -3.81. The summed E-state index contributed by atoms with van der Waals surface area (Å²) in [6.07, 6.45) is 2.75. The van der Waals surface area contributed by atoms with Crippen LogP contribution in [0.15, 0.2) is 82.7 Å². The molecule has 0 radical (unpaired) electrons. The van der Waals surface area contributed by atoms with E-state index in [0.717, 1.165) is 24.8 Å². The summed E-state index contributed by atoms with van der Waals surface area (Å²) >= 11 is 6.22. The molecule has 2 aliphatic rings. The Morgan fingerprint density at radius 2 is 1.61 bits per heavy atom. The highest BCUT2D eigenvalue weighted by atomic mass is 35.5. The fraction of sp³-hybridized carbons (Fsp3) is 0.174. The number of benzene rings is 3. The lowest BCUT2D eigenvalue weighted by atomic mass is 9.72. The van der Waals surface area contributed by atoms with Gasteiger partial charge in [-0.05, 0) is 49.1 Å². The molecule has 0 aromatic heterocycles. The van der Waals surface area contributed by atoms with Gasteiger partial charge in [-0.25, -0.2) is 18.1 Å². The van der Waals surface area contributed by atoms with E-state index in [1.54, 1.807) is 36.4 Å². The molecule has 8 heteroatoms. The lowest BCUT2D eigenvalue weighted by molar-refractivity contribution is 0.256. The number of nitrogens with one attached hydrogen (secondary N) is 2. The van der Waals surface area contributed by atoms with Crippen LogP contribution in [0, 0.1) is 0 Å². The van der Waals surface area contributed by atoms with Crippen LogP contribution in [0.25, 0.3) is 0 Å².